The molecule has 14 heavy (non-hydrogen) atoms. The van der Waals surface area contributed by atoms with Gasteiger partial charge in [-0.2, -0.15) is 0 Å². The Balaban J connectivity index is 2.62. The number of nitrogens with two attached hydrogens (primary N) is 1. The predicted molar refractivity (Wildman–Crippen MR) is 56.9 cm³/mol. The summed E-state index contributed by atoms with van der Waals surface area (Å²) in [5, 5.41) is 3.17. The van der Waals surface area contributed by atoms with Gasteiger partial charge in [0, 0.05) is 18.6 Å². The van der Waals surface area contributed by atoms with Crippen molar-refractivity contribution in [3.63, 3.8) is 0 Å². The SMILES string of the molecule is CNC1CCN(C(C)C)CC1C(N)=O. The molecular formula is C10H21N3O. The zero-order valence-electron chi connectivity index (χ0n) is 9.29. The predicted octanol–water partition coefficient (Wildman–Crippen LogP) is -0.210. The van der Waals surface area contributed by atoms with Crippen molar-refractivity contribution in [3.8, 4) is 0 Å². The summed E-state index contributed by atoms with van der Waals surface area (Å²) in [5.74, 6) is -0.231. The molecule has 1 fully saturated rings. The normalized spacial score (nSPS) is 29.4. The molecule has 0 aromatic carbocycles. The van der Waals surface area contributed by atoms with Gasteiger partial charge in [0.25, 0.3) is 0 Å². The lowest BCUT2D eigenvalue weighted by atomic mass is 9.91. The highest BCUT2D eigenvalue weighted by molar-refractivity contribution is 5.77. The topological polar surface area (TPSA) is 58.4 Å². The van der Waals surface area contributed by atoms with Crippen molar-refractivity contribution in [3.05, 3.63) is 0 Å². The van der Waals surface area contributed by atoms with E-state index >= 15 is 0 Å². The third-order valence-corrected chi connectivity index (χ3v) is 3.11. The first kappa shape index (κ1) is 11.5. The molecule has 1 amide bonds. The molecule has 1 heterocycles. The average molecular weight is 199 g/mol. The van der Waals surface area contributed by atoms with Gasteiger partial charge in [0.1, 0.15) is 0 Å². The fourth-order valence-corrected chi connectivity index (χ4v) is 2.08. The summed E-state index contributed by atoms with van der Waals surface area (Å²) in [7, 11) is 1.89. The Kier molecular flexibility index (Phi) is 3.89. The second-order valence-corrected chi connectivity index (χ2v) is 4.28. The molecule has 1 aliphatic heterocycles. The van der Waals surface area contributed by atoms with Gasteiger partial charge in [0.2, 0.25) is 5.91 Å². The van der Waals surface area contributed by atoms with Gasteiger partial charge in [-0.25, -0.2) is 0 Å². The van der Waals surface area contributed by atoms with Crippen molar-refractivity contribution in [2.24, 2.45) is 11.7 Å². The molecule has 2 atom stereocenters. The van der Waals surface area contributed by atoms with Crippen LogP contribution in [0.5, 0.6) is 0 Å². The molecule has 0 bridgehead atoms. The lowest BCUT2D eigenvalue weighted by Crippen LogP contribution is -2.54. The minimum absolute atomic E-state index is 0.0452. The second kappa shape index (κ2) is 4.75. The van der Waals surface area contributed by atoms with Crippen LogP contribution in [0.4, 0.5) is 0 Å². The molecule has 0 aromatic heterocycles. The van der Waals surface area contributed by atoms with E-state index in [1.165, 1.54) is 0 Å². The van der Waals surface area contributed by atoms with Crippen LogP contribution in [-0.2, 0) is 4.79 Å². The molecule has 0 spiro atoms. The highest BCUT2D eigenvalue weighted by atomic mass is 16.1. The van der Waals surface area contributed by atoms with Crippen LogP contribution in [0.15, 0.2) is 0 Å². The Morgan fingerprint density at radius 3 is 2.64 bits per heavy atom. The number of carbonyl (C=O) groups is 1. The van der Waals surface area contributed by atoms with E-state index in [9.17, 15) is 4.79 Å². The number of piperidine rings is 1. The Labute approximate surface area is 85.8 Å². The number of hydrogen-bond donors (Lipinski definition) is 2. The highest BCUT2D eigenvalue weighted by Gasteiger charge is 2.32. The van der Waals surface area contributed by atoms with Gasteiger partial charge >= 0.3 is 0 Å². The van der Waals surface area contributed by atoms with Gasteiger partial charge < -0.3 is 16.0 Å². The monoisotopic (exact) mass is 199 g/mol. The molecule has 1 aliphatic rings. The number of nitrogens with one attached hydrogen (secondary N) is 1. The van der Waals surface area contributed by atoms with E-state index in [0.717, 1.165) is 19.5 Å². The zero-order chi connectivity index (χ0) is 10.7. The molecule has 4 nitrogen and oxygen atoms in total. The Morgan fingerprint density at radius 2 is 2.21 bits per heavy atom. The molecule has 0 radical (unpaired) electrons. The van der Waals surface area contributed by atoms with Gasteiger partial charge in [0.15, 0.2) is 0 Å². The van der Waals surface area contributed by atoms with E-state index in [-0.39, 0.29) is 17.9 Å². The van der Waals surface area contributed by atoms with Crippen molar-refractivity contribution in [1.29, 1.82) is 0 Å². The van der Waals surface area contributed by atoms with Gasteiger partial charge in [-0.15, -0.1) is 0 Å². The number of likely N-dealkylation sites (tertiary alicyclic amines) is 1. The van der Waals surface area contributed by atoms with E-state index < -0.39 is 0 Å². The van der Waals surface area contributed by atoms with E-state index in [1.807, 2.05) is 7.05 Å². The molecule has 1 saturated heterocycles. The van der Waals surface area contributed by atoms with Crippen molar-refractivity contribution in [2.45, 2.75) is 32.4 Å². The fraction of sp³-hybridized carbons (Fsp3) is 0.900. The number of amides is 1. The second-order valence-electron chi connectivity index (χ2n) is 4.28. The van der Waals surface area contributed by atoms with Crippen LogP contribution in [0.1, 0.15) is 20.3 Å². The quantitative estimate of drug-likeness (QED) is 0.661. The first-order chi connectivity index (χ1) is 6.56. The summed E-state index contributed by atoms with van der Waals surface area (Å²) < 4.78 is 0. The number of rotatable bonds is 3. The van der Waals surface area contributed by atoms with Crippen molar-refractivity contribution >= 4 is 5.91 Å². The third kappa shape index (κ3) is 2.45. The Hall–Kier alpha value is -0.610. The van der Waals surface area contributed by atoms with Crippen LogP contribution >= 0.6 is 0 Å². The van der Waals surface area contributed by atoms with Crippen LogP contribution in [0.25, 0.3) is 0 Å². The van der Waals surface area contributed by atoms with Crippen LogP contribution in [-0.4, -0.2) is 43.0 Å². The molecule has 0 aliphatic carbocycles. The minimum Gasteiger partial charge on any atom is -0.369 e. The summed E-state index contributed by atoms with van der Waals surface area (Å²) in [6.07, 6.45) is 1.00. The van der Waals surface area contributed by atoms with Crippen molar-refractivity contribution < 1.29 is 4.79 Å². The first-order valence-corrected chi connectivity index (χ1v) is 5.27. The van der Waals surface area contributed by atoms with Crippen LogP contribution in [0, 0.1) is 5.92 Å². The average Bonchev–Trinajstić information content (AvgIpc) is 2.16. The summed E-state index contributed by atoms with van der Waals surface area (Å²) in [4.78, 5) is 13.6. The summed E-state index contributed by atoms with van der Waals surface area (Å²) in [5.41, 5.74) is 5.39. The Morgan fingerprint density at radius 1 is 1.57 bits per heavy atom. The zero-order valence-corrected chi connectivity index (χ0v) is 9.29. The highest BCUT2D eigenvalue weighted by Crippen LogP contribution is 2.18. The van der Waals surface area contributed by atoms with E-state index in [0.29, 0.717) is 6.04 Å². The Bertz CT molecular complexity index is 206. The minimum atomic E-state index is -0.185. The summed E-state index contributed by atoms with van der Waals surface area (Å²) >= 11 is 0. The fourth-order valence-electron chi connectivity index (χ4n) is 2.08. The maximum Gasteiger partial charge on any atom is 0.223 e. The van der Waals surface area contributed by atoms with E-state index in [1.54, 1.807) is 0 Å². The maximum atomic E-state index is 11.2. The van der Waals surface area contributed by atoms with Crippen molar-refractivity contribution in [2.75, 3.05) is 20.1 Å². The van der Waals surface area contributed by atoms with Gasteiger partial charge in [0.05, 0.1) is 5.92 Å². The van der Waals surface area contributed by atoms with Crippen LogP contribution < -0.4 is 11.1 Å². The number of nitrogens with zero attached hydrogens (tertiary/aromatic N) is 1. The number of hydrogen-bond acceptors (Lipinski definition) is 3. The van der Waals surface area contributed by atoms with Gasteiger partial charge in [-0.1, -0.05) is 0 Å². The molecule has 1 rings (SSSR count). The number of primary amides is 1. The molecular weight excluding hydrogens is 178 g/mol. The summed E-state index contributed by atoms with van der Waals surface area (Å²) in [6, 6.07) is 0.747. The van der Waals surface area contributed by atoms with Gasteiger partial charge in [-0.3, -0.25) is 4.79 Å². The largest absolute Gasteiger partial charge is 0.369 e. The lowest BCUT2D eigenvalue weighted by Gasteiger charge is -2.39. The standard InChI is InChI=1S/C10H21N3O/c1-7(2)13-5-4-9(12-3)8(6-13)10(11)14/h7-9,12H,4-6H2,1-3H3,(H2,11,14). The first-order valence-electron chi connectivity index (χ1n) is 5.27. The van der Waals surface area contributed by atoms with Crippen molar-refractivity contribution in [1.82, 2.24) is 10.2 Å². The lowest BCUT2D eigenvalue weighted by molar-refractivity contribution is -0.124. The maximum absolute atomic E-state index is 11.2. The molecule has 0 aromatic rings. The van der Waals surface area contributed by atoms with Crippen LogP contribution in [0.3, 0.4) is 0 Å². The third-order valence-electron chi connectivity index (χ3n) is 3.11. The molecule has 3 N–H and O–H groups in total. The van der Waals surface area contributed by atoms with Crippen LogP contribution in [0.2, 0.25) is 0 Å². The summed E-state index contributed by atoms with van der Waals surface area (Å²) in [6.45, 7) is 6.14. The molecule has 2 unspecified atom stereocenters. The van der Waals surface area contributed by atoms with Gasteiger partial charge in [-0.05, 0) is 33.9 Å². The number of carbonyl (C=O) groups excluding carboxylic acids is 1. The van der Waals surface area contributed by atoms with E-state index in [4.69, 9.17) is 5.73 Å². The molecule has 0 saturated carbocycles. The smallest absolute Gasteiger partial charge is 0.223 e. The van der Waals surface area contributed by atoms with E-state index in [2.05, 4.69) is 24.1 Å². The molecule has 4 heteroatoms. The molecule has 82 valence electrons.